The summed E-state index contributed by atoms with van der Waals surface area (Å²) in [6, 6.07) is 0. The van der Waals surface area contributed by atoms with Gasteiger partial charge in [-0.25, -0.2) is 0 Å². The first-order valence-electron chi connectivity index (χ1n) is 9.20. The van der Waals surface area contributed by atoms with Crippen molar-refractivity contribution < 1.29 is 19.7 Å². The Balaban J connectivity index is 1.76. The molecule has 0 aromatic heterocycles. The third-order valence-corrected chi connectivity index (χ3v) is 4.45. The van der Waals surface area contributed by atoms with Gasteiger partial charge in [-0.3, -0.25) is 0 Å². The van der Waals surface area contributed by atoms with Crippen molar-refractivity contribution >= 4 is 5.97 Å². The Bertz CT molecular complexity index is 280. The highest BCUT2D eigenvalue weighted by Gasteiger charge is 2.36. The van der Waals surface area contributed by atoms with E-state index >= 15 is 0 Å². The summed E-state index contributed by atoms with van der Waals surface area (Å²) in [5.74, 6) is -0.928. The first-order chi connectivity index (χ1) is 10.7. The largest absolute Gasteiger partial charge is 0.550 e. The van der Waals surface area contributed by atoms with Gasteiger partial charge in [-0.05, 0) is 32.1 Å². The Kier molecular flexibility index (Phi) is 11.4. The van der Waals surface area contributed by atoms with Crippen molar-refractivity contribution in [2.24, 2.45) is 0 Å². The SMILES string of the molecule is O=C([O-])CCCCCCC[C@@H]1O[C@@H]1CCCCCCCCO. The normalized spacial score (nSPS) is 20.2. The highest BCUT2D eigenvalue weighted by atomic mass is 16.6. The number of ether oxygens (including phenoxy) is 1. The van der Waals surface area contributed by atoms with Crippen molar-refractivity contribution in [3.8, 4) is 0 Å². The zero-order chi connectivity index (χ0) is 16.0. The predicted molar refractivity (Wildman–Crippen MR) is 85.4 cm³/mol. The van der Waals surface area contributed by atoms with E-state index in [9.17, 15) is 9.90 Å². The molecule has 1 saturated heterocycles. The molecule has 0 aromatic rings. The van der Waals surface area contributed by atoms with E-state index in [1.54, 1.807) is 0 Å². The van der Waals surface area contributed by atoms with Crippen molar-refractivity contribution in [3.05, 3.63) is 0 Å². The number of carboxylic acid groups (broad SMARTS) is 1. The molecule has 1 aliphatic rings. The van der Waals surface area contributed by atoms with Gasteiger partial charge in [-0.2, -0.15) is 0 Å². The fourth-order valence-corrected chi connectivity index (χ4v) is 3.00. The number of carbonyl (C=O) groups is 1. The number of aliphatic hydroxyl groups is 1. The molecular formula is C18H33O4-. The first-order valence-corrected chi connectivity index (χ1v) is 9.20. The molecule has 1 heterocycles. The van der Waals surface area contributed by atoms with Crippen LogP contribution in [0.4, 0.5) is 0 Å². The fourth-order valence-electron chi connectivity index (χ4n) is 3.00. The molecule has 1 rings (SSSR count). The van der Waals surface area contributed by atoms with Gasteiger partial charge in [0.1, 0.15) is 0 Å². The molecule has 4 heteroatoms. The number of aliphatic hydroxyl groups excluding tert-OH is 1. The summed E-state index contributed by atoms with van der Waals surface area (Å²) in [5, 5.41) is 18.9. The summed E-state index contributed by atoms with van der Waals surface area (Å²) >= 11 is 0. The molecule has 130 valence electrons. The summed E-state index contributed by atoms with van der Waals surface area (Å²) in [6.07, 6.45) is 16.0. The fraction of sp³-hybridized carbons (Fsp3) is 0.944. The molecule has 0 unspecified atom stereocenters. The minimum Gasteiger partial charge on any atom is -0.550 e. The number of unbranched alkanes of at least 4 members (excludes halogenated alkanes) is 9. The molecule has 1 fully saturated rings. The summed E-state index contributed by atoms with van der Waals surface area (Å²) in [4.78, 5) is 10.3. The van der Waals surface area contributed by atoms with Gasteiger partial charge < -0.3 is 19.7 Å². The smallest absolute Gasteiger partial charge is 0.0841 e. The summed E-state index contributed by atoms with van der Waals surface area (Å²) in [7, 11) is 0. The lowest BCUT2D eigenvalue weighted by Crippen LogP contribution is -2.21. The zero-order valence-electron chi connectivity index (χ0n) is 13.9. The quantitative estimate of drug-likeness (QED) is 0.351. The van der Waals surface area contributed by atoms with Crippen LogP contribution in [0.15, 0.2) is 0 Å². The highest BCUT2D eigenvalue weighted by Crippen LogP contribution is 2.31. The maximum atomic E-state index is 10.3. The molecule has 0 aliphatic carbocycles. The van der Waals surface area contributed by atoms with Crippen LogP contribution in [-0.2, 0) is 9.53 Å². The van der Waals surface area contributed by atoms with Crippen LogP contribution in [0.2, 0.25) is 0 Å². The topological polar surface area (TPSA) is 72.9 Å². The average molecular weight is 313 g/mol. The minimum atomic E-state index is -0.928. The zero-order valence-corrected chi connectivity index (χ0v) is 13.9. The minimum absolute atomic E-state index is 0.202. The number of aliphatic carboxylic acids is 1. The Morgan fingerprint density at radius 2 is 1.23 bits per heavy atom. The number of carbonyl (C=O) groups excluding carboxylic acids is 1. The van der Waals surface area contributed by atoms with Gasteiger partial charge in [0, 0.05) is 12.6 Å². The third-order valence-electron chi connectivity index (χ3n) is 4.45. The molecule has 4 nitrogen and oxygen atoms in total. The van der Waals surface area contributed by atoms with Gasteiger partial charge in [0.15, 0.2) is 0 Å². The van der Waals surface area contributed by atoms with Crippen LogP contribution in [-0.4, -0.2) is 29.9 Å². The number of hydrogen-bond donors (Lipinski definition) is 1. The molecular weight excluding hydrogens is 280 g/mol. The van der Waals surface area contributed by atoms with Crippen LogP contribution in [0.1, 0.15) is 89.9 Å². The highest BCUT2D eigenvalue weighted by molar-refractivity contribution is 5.63. The lowest BCUT2D eigenvalue weighted by Gasteiger charge is -2.02. The van der Waals surface area contributed by atoms with E-state index < -0.39 is 5.97 Å². The molecule has 0 saturated carbocycles. The second kappa shape index (κ2) is 12.9. The van der Waals surface area contributed by atoms with Crippen LogP contribution in [0.3, 0.4) is 0 Å². The molecule has 1 N–H and O–H groups in total. The summed E-state index contributed by atoms with van der Waals surface area (Å²) in [6.45, 7) is 0.328. The van der Waals surface area contributed by atoms with Gasteiger partial charge in [-0.15, -0.1) is 0 Å². The van der Waals surface area contributed by atoms with Crippen LogP contribution in [0, 0.1) is 0 Å². The van der Waals surface area contributed by atoms with E-state index in [0.29, 0.717) is 18.8 Å². The molecule has 0 spiro atoms. The van der Waals surface area contributed by atoms with E-state index in [1.807, 2.05) is 0 Å². The van der Waals surface area contributed by atoms with Gasteiger partial charge in [0.05, 0.1) is 12.2 Å². The third kappa shape index (κ3) is 11.0. The Morgan fingerprint density at radius 1 is 0.773 bits per heavy atom. The van der Waals surface area contributed by atoms with Gasteiger partial charge in [0.25, 0.3) is 0 Å². The monoisotopic (exact) mass is 313 g/mol. The van der Waals surface area contributed by atoms with Crippen LogP contribution in [0.25, 0.3) is 0 Å². The maximum Gasteiger partial charge on any atom is 0.0841 e. The van der Waals surface area contributed by atoms with Gasteiger partial charge >= 0.3 is 0 Å². The molecule has 0 amide bonds. The summed E-state index contributed by atoms with van der Waals surface area (Å²) < 4.78 is 5.70. The van der Waals surface area contributed by atoms with Crippen molar-refractivity contribution in [3.63, 3.8) is 0 Å². The average Bonchev–Trinajstić information content (AvgIpc) is 3.23. The lowest BCUT2D eigenvalue weighted by atomic mass is 10.0. The molecule has 1 aliphatic heterocycles. The Morgan fingerprint density at radius 3 is 1.73 bits per heavy atom. The lowest BCUT2D eigenvalue weighted by molar-refractivity contribution is -0.305. The van der Waals surface area contributed by atoms with Gasteiger partial charge in [-0.1, -0.05) is 57.8 Å². The number of rotatable bonds is 16. The van der Waals surface area contributed by atoms with Crippen molar-refractivity contribution in [1.29, 1.82) is 0 Å². The van der Waals surface area contributed by atoms with Crippen molar-refractivity contribution in [2.45, 2.75) is 102 Å². The van der Waals surface area contributed by atoms with E-state index in [2.05, 4.69) is 0 Å². The Hall–Kier alpha value is -0.610. The van der Waals surface area contributed by atoms with E-state index in [4.69, 9.17) is 9.84 Å². The van der Waals surface area contributed by atoms with Crippen molar-refractivity contribution in [1.82, 2.24) is 0 Å². The standard InChI is InChI=1S/C18H34O4/c19-15-11-7-2-1-4-8-12-16-17(22-16)13-9-5-3-6-10-14-18(20)21/h16-17,19H,1-15H2,(H,20,21)/p-1/t16-,17+/m1/s1. The number of epoxide rings is 1. The second-order valence-corrected chi connectivity index (χ2v) is 6.53. The van der Waals surface area contributed by atoms with Crippen LogP contribution in [0.5, 0.6) is 0 Å². The summed E-state index contributed by atoms with van der Waals surface area (Å²) in [5.41, 5.74) is 0. The van der Waals surface area contributed by atoms with Crippen LogP contribution < -0.4 is 5.11 Å². The van der Waals surface area contributed by atoms with Crippen molar-refractivity contribution in [2.75, 3.05) is 6.61 Å². The van der Waals surface area contributed by atoms with Gasteiger partial charge in [0.2, 0.25) is 0 Å². The van der Waals surface area contributed by atoms with E-state index in [-0.39, 0.29) is 6.42 Å². The second-order valence-electron chi connectivity index (χ2n) is 6.53. The molecule has 22 heavy (non-hydrogen) atoms. The first kappa shape index (κ1) is 19.4. The van der Waals surface area contributed by atoms with E-state index in [0.717, 1.165) is 32.1 Å². The molecule has 0 radical (unpaired) electrons. The predicted octanol–water partition coefficient (Wildman–Crippen LogP) is 2.96. The maximum absolute atomic E-state index is 10.3. The van der Waals surface area contributed by atoms with E-state index in [1.165, 1.54) is 51.4 Å². The number of hydrogen-bond acceptors (Lipinski definition) is 4. The molecule has 2 atom stereocenters. The Labute approximate surface area is 135 Å². The molecule has 0 bridgehead atoms. The van der Waals surface area contributed by atoms with Crippen LogP contribution >= 0.6 is 0 Å². The number of carboxylic acids is 1. The molecule has 0 aromatic carbocycles.